The predicted molar refractivity (Wildman–Crippen MR) is 118 cm³/mol. The van der Waals surface area contributed by atoms with Gasteiger partial charge in [-0.25, -0.2) is 0 Å². The van der Waals surface area contributed by atoms with E-state index in [0.717, 1.165) is 0 Å². The highest BCUT2D eigenvalue weighted by Gasteiger charge is 2.38. The first kappa shape index (κ1) is 27.5. The molecular weight excluding hydrogens is 450 g/mol. The molecule has 1 saturated heterocycles. The molecule has 1 aliphatic heterocycles. The number of phenolic OH excluding ortho intramolecular Hbond substituents is 1. The molecule has 0 spiro atoms. The van der Waals surface area contributed by atoms with E-state index in [9.17, 15) is 29.7 Å². The number of aliphatic hydroxyl groups excluding tert-OH is 2. The third-order valence-corrected chi connectivity index (χ3v) is 5.40. The molecule has 0 saturated carbocycles. The second kappa shape index (κ2) is 13.2. The molecule has 0 aliphatic carbocycles. The van der Waals surface area contributed by atoms with E-state index in [1.807, 2.05) is 0 Å². The second-order valence-electron chi connectivity index (χ2n) is 8.33. The van der Waals surface area contributed by atoms with E-state index in [2.05, 4.69) is 5.32 Å². The molecular formula is C23H33NO10. The maximum atomic E-state index is 12.2. The highest BCUT2D eigenvalue weighted by Crippen LogP contribution is 2.25. The van der Waals surface area contributed by atoms with Crippen LogP contribution < -0.4 is 5.32 Å². The topological polar surface area (TPSA) is 172 Å². The third-order valence-electron chi connectivity index (χ3n) is 5.40. The summed E-state index contributed by atoms with van der Waals surface area (Å²) in [5.41, 5.74) is 0.529. The van der Waals surface area contributed by atoms with Crippen LogP contribution >= 0.6 is 0 Å². The fourth-order valence-corrected chi connectivity index (χ4v) is 3.38. The van der Waals surface area contributed by atoms with Gasteiger partial charge in [-0.05, 0) is 38.0 Å². The van der Waals surface area contributed by atoms with Crippen LogP contribution in [0.2, 0.25) is 0 Å². The summed E-state index contributed by atoms with van der Waals surface area (Å²) in [6.45, 7) is 3.30. The number of nitrogens with one attached hydrogen (secondary N) is 1. The summed E-state index contributed by atoms with van der Waals surface area (Å²) < 4.78 is 16.5. The molecule has 0 bridgehead atoms. The Hall–Kier alpha value is -2.73. The maximum Gasteiger partial charge on any atom is 0.306 e. The third kappa shape index (κ3) is 9.26. The number of aromatic hydroxyl groups is 1. The minimum Gasteiger partial charge on any atom is -0.508 e. The molecule has 34 heavy (non-hydrogen) atoms. The number of esters is 1. The second-order valence-corrected chi connectivity index (χ2v) is 8.33. The van der Waals surface area contributed by atoms with Gasteiger partial charge >= 0.3 is 11.9 Å². The highest BCUT2D eigenvalue weighted by atomic mass is 16.7. The van der Waals surface area contributed by atoms with Crippen LogP contribution in [0.3, 0.4) is 0 Å². The molecule has 1 amide bonds. The molecule has 190 valence electrons. The number of amides is 1. The van der Waals surface area contributed by atoms with Crippen molar-refractivity contribution in [3.05, 3.63) is 29.8 Å². The molecule has 5 N–H and O–H groups in total. The lowest BCUT2D eigenvalue weighted by atomic mass is 10.0. The van der Waals surface area contributed by atoms with E-state index in [4.69, 9.17) is 19.3 Å². The number of carbonyl (C=O) groups excluding carboxylic acids is 2. The van der Waals surface area contributed by atoms with Gasteiger partial charge in [0.1, 0.15) is 18.0 Å². The Bertz CT molecular complexity index is 814. The Balaban J connectivity index is 1.69. The smallest absolute Gasteiger partial charge is 0.306 e. The fraction of sp³-hybridized carbons (Fsp3) is 0.609. The number of carboxylic acids is 1. The minimum atomic E-state index is -1.06. The molecule has 11 heteroatoms. The SMILES string of the molecule is CC(CCC(=O)O)OC1OC(C)C(OC(=O)CCC(=O)NCC(O)c2ccc(O)cc2)CC1O. The van der Waals surface area contributed by atoms with Crippen LogP contribution in [0.1, 0.15) is 57.6 Å². The van der Waals surface area contributed by atoms with Gasteiger partial charge in [0.05, 0.1) is 24.7 Å². The standard InChI is InChI=1S/C23H33NO10/c1-13(3-9-21(29)30)32-23-17(26)11-19(14(2)33-23)34-22(31)10-8-20(28)24-12-18(27)15-4-6-16(25)7-5-15/h4-7,13-14,17-19,23,25-27H,3,8-12H2,1-2H3,(H,24,28)(H,29,30). The molecule has 1 aromatic rings. The van der Waals surface area contributed by atoms with Crippen molar-refractivity contribution in [1.82, 2.24) is 5.32 Å². The number of aliphatic hydroxyl groups is 2. The lowest BCUT2D eigenvalue weighted by molar-refractivity contribution is -0.276. The summed E-state index contributed by atoms with van der Waals surface area (Å²) in [6, 6.07) is 5.94. The van der Waals surface area contributed by atoms with Crippen molar-refractivity contribution >= 4 is 17.8 Å². The van der Waals surface area contributed by atoms with Crippen LogP contribution in [0.5, 0.6) is 5.75 Å². The lowest BCUT2D eigenvalue weighted by Crippen LogP contribution is -2.49. The molecule has 0 aromatic heterocycles. The van der Waals surface area contributed by atoms with Crippen molar-refractivity contribution in [2.45, 2.75) is 82.8 Å². The first-order valence-corrected chi connectivity index (χ1v) is 11.2. The Labute approximate surface area is 197 Å². The van der Waals surface area contributed by atoms with Crippen LogP contribution in [0, 0.1) is 0 Å². The predicted octanol–water partition coefficient (Wildman–Crippen LogP) is 0.999. The van der Waals surface area contributed by atoms with Crippen molar-refractivity contribution in [1.29, 1.82) is 0 Å². The zero-order valence-electron chi connectivity index (χ0n) is 19.3. The monoisotopic (exact) mass is 483 g/mol. The number of ether oxygens (including phenoxy) is 3. The zero-order valence-corrected chi connectivity index (χ0v) is 19.3. The molecule has 1 aliphatic rings. The van der Waals surface area contributed by atoms with Gasteiger partial charge in [0, 0.05) is 25.8 Å². The van der Waals surface area contributed by atoms with E-state index in [0.29, 0.717) is 5.56 Å². The number of carbonyl (C=O) groups is 3. The van der Waals surface area contributed by atoms with Crippen LogP contribution in [-0.2, 0) is 28.6 Å². The Morgan fingerprint density at radius 1 is 1.18 bits per heavy atom. The number of hydrogen-bond donors (Lipinski definition) is 5. The summed E-state index contributed by atoms with van der Waals surface area (Å²) in [4.78, 5) is 34.8. The van der Waals surface area contributed by atoms with E-state index in [-0.39, 0.29) is 44.4 Å². The summed E-state index contributed by atoms with van der Waals surface area (Å²) in [6.07, 6.45) is -4.77. The molecule has 6 atom stereocenters. The number of phenols is 1. The van der Waals surface area contributed by atoms with Gasteiger partial charge in [0.25, 0.3) is 0 Å². The van der Waals surface area contributed by atoms with Crippen molar-refractivity contribution in [3.63, 3.8) is 0 Å². The zero-order chi connectivity index (χ0) is 25.3. The van der Waals surface area contributed by atoms with Gasteiger partial charge in [-0.15, -0.1) is 0 Å². The van der Waals surface area contributed by atoms with Gasteiger partial charge in [-0.1, -0.05) is 12.1 Å². The minimum absolute atomic E-state index is 0.0510. The van der Waals surface area contributed by atoms with Crippen LogP contribution in [-0.4, -0.2) is 75.5 Å². The fourth-order valence-electron chi connectivity index (χ4n) is 3.38. The first-order chi connectivity index (χ1) is 16.0. The molecule has 1 heterocycles. The number of benzene rings is 1. The summed E-state index contributed by atoms with van der Waals surface area (Å²) in [7, 11) is 0. The van der Waals surface area contributed by atoms with Gasteiger partial charge in [0.15, 0.2) is 6.29 Å². The van der Waals surface area contributed by atoms with E-state index in [1.165, 1.54) is 24.3 Å². The van der Waals surface area contributed by atoms with E-state index < -0.39 is 54.7 Å². The highest BCUT2D eigenvalue weighted by molar-refractivity contribution is 5.81. The van der Waals surface area contributed by atoms with Gasteiger partial charge in [-0.3, -0.25) is 14.4 Å². The number of aliphatic carboxylic acids is 1. The molecule has 1 aromatic carbocycles. The van der Waals surface area contributed by atoms with Crippen molar-refractivity contribution in [2.75, 3.05) is 6.54 Å². The van der Waals surface area contributed by atoms with Gasteiger partial charge < -0.3 is 40.0 Å². The average Bonchev–Trinajstić information content (AvgIpc) is 2.78. The molecule has 6 unspecified atom stereocenters. The maximum absolute atomic E-state index is 12.2. The van der Waals surface area contributed by atoms with Crippen molar-refractivity contribution < 1.29 is 49.0 Å². The average molecular weight is 484 g/mol. The Morgan fingerprint density at radius 3 is 2.50 bits per heavy atom. The van der Waals surface area contributed by atoms with Crippen molar-refractivity contribution in [3.8, 4) is 5.75 Å². The molecule has 0 radical (unpaired) electrons. The summed E-state index contributed by atoms with van der Waals surface area (Å²) in [5, 5.41) is 40.9. The quantitative estimate of drug-likeness (QED) is 0.270. The van der Waals surface area contributed by atoms with Gasteiger partial charge in [0.2, 0.25) is 5.91 Å². The summed E-state index contributed by atoms with van der Waals surface area (Å²) >= 11 is 0. The number of rotatable bonds is 12. The molecule has 1 fully saturated rings. The summed E-state index contributed by atoms with van der Waals surface area (Å²) in [5.74, 6) is -1.94. The Kier molecular flexibility index (Phi) is 10.7. The number of carboxylic acid groups (broad SMARTS) is 1. The first-order valence-electron chi connectivity index (χ1n) is 11.2. The number of hydrogen-bond acceptors (Lipinski definition) is 9. The van der Waals surface area contributed by atoms with E-state index >= 15 is 0 Å². The van der Waals surface area contributed by atoms with Crippen LogP contribution in [0.25, 0.3) is 0 Å². The van der Waals surface area contributed by atoms with Gasteiger partial charge in [-0.2, -0.15) is 0 Å². The van der Waals surface area contributed by atoms with E-state index in [1.54, 1.807) is 13.8 Å². The normalized spacial score (nSPS) is 24.1. The van der Waals surface area contributed by atoms with Crippen LogP contribution in [0.15, 0.2) is 24.3 Å². The van der Waals surface area contributed by atoms with Crippen molar-refractivity contribution in [2.24, 2.45) is 0 Å². The lowest BCUT2D eigenvalue weighted by Gasteiger charge is -2.38. The molecule has 2 rings (SSSR count). The largest absolute Gasteiger partial charge is 0.508 e. The van der Waals surface area contributed by atoms with Crippen LogP contribution in [0.4, 0.5) is 0 Å². The Morgan fingerprint density at radius 2 is 1.85 bits per heavy atom. The molecule has 11 nitrogen and oxygen atoms in total.